The van der Waals surface area contributed by atoms with Crippen molar-refractivity contribution >= 4 is 48.3 Å². The predicted octanol–water partition coefficient (Wildman–Crippen LogP) is 22.1. The molecule has 0 amide bonds. The van der Waals surface area contributed by atoms with Crippen molar-refractivity contribution in [1.82, 2.24) is 4.73 Å². The molecule has 70 heavy (non-hydrogen) atoms. The standard InChI is InChI=1S/C66H114NOSi2/c68-67-65-59-61-49-51-63(65)64-52-50-62(60-66(64)67)70-54-44-38-32-26-20-14-8-2-1-7-13-19-25-31-37-43-53-69(61,55-45-39-33-27-21-15-9-3-5-11-17-23-29-35-41-47-57-70)56-46-40-34-28-22-16-10-4-6-12-18-24-30-36-42-48-58-70/h49-52,59-60H,1-48,53-58H2. The van der Waals surface area contributed by atoms with E-state index in [0.29, 0.717) is 0 Å². The molecule has 3 aliphatic heterocycles. The van der Waals surface area contributed by atoms with Crippen LogP contribution in [0.1, 0.15) is 308 Å². The number of fused-ring (bicyclic) bond motifs is 1. The molecular weight excluding hydrogens is 879 g/mol. The molecular formula is C66H114NOSi2. The Labute approximate surface area is 436 Å². The maximum Gasteiger partial charge on any atom is 0.0928 e. The Kier molecular flexibility index (Phi) is 29.4. The second-order valence-corrected chi connectivity index (χ2v) is 34.1. The van der Waals surface area contributed by atoms with E-state index in [-0.39, 0.29) is 0 Å². The summed E-state index contributed by atoms with van der Waals surface area (Å²) >= 11 is 0. The van der Waals surface area contributed by atoms with E-state index < -0.39 is 16.1 Å². The number of rotatable bonds is 0. The summed E-state index contributed by atoms with van der Waals surface area (Å²) in [5.74, 6) is 0. The second kappa shape index (κ2) is 35.6. The van der Waals surface area contributed by atoms with E-state index in [1.807, 2.05) is 0 Å². The number of aromatic nitrogens is 1. The molecule has 0 aliphatic carbocycles. The molecule has 0 saturated heterocycles. The minimum atomic E-state index is -1.87. The molecule has 0 fully saturated rings. The van der Waals surface area contributed by atoms with Gasteiger partial charge in [-0.25, -0.2) is 0 Å². The molecule has 0 atom stereocenters. The molecule has 0 spiro atoms. The number of benzene rings is 2. The average Bonchev–Trinajstić information content (AvgIpc) is 3.65. The highest BCUT2D eigenvalue weighted by Gasteiger charge is 2.36. The summed E-state index contributed by atoms with van der Waals surface area (Å²) in [4.78, 5) is 0. The summed E-state index contributed by atoms with van der Waals surface area (Å²) < 4.78 is 1.47. The number of hydrogen-bond donors (Lipinski definition) is 0. The Bertz CT molecular complexity index is 1540. The van der Waals surface area contributed by atoms with Crippen molar-refractivity contribution in [3.8, 4) is 0 Å². The molecule has 6 bridgehead atoms. The Morgan fingerprint density at radius 3 is 0.557 bits per heavy atom. The van der Waals surface area contributed by atoms with E-state index in [1.54, 1.807) is 10.4 Å². The fraction of sp³-hybridized carbons (Fsp3) is 0.818. The van der Waals surface area contributed by atoms with Gasteiger partial charge in [0.05, 0.1) is 27.2 Å². The maximum absolute atomic E-state index is 15.1. The number of hydrogen-bond acceptors (Lipinski definition) is 0. The smallest absolute Gasteiger partial charge is 0.0928 e. The van der Waals surface area contributed by atoms with Crippen LogP contribution in [0.15, 0.2) is 36.4 Å². The lowest BCUT2D eigenvalue weighted by Crippen LogP contribution is -2.47. The largest absolute Gasteiger partial charge is 0.165 e. The van der Waals surface area contributed by atoms with Crippen molar-refractivity contribution in [2.75, 3.05) is 0 Å². The van der Waals surface area contributed by atoms with Gasteiger partial charge in [0.2, 0.25) is 0 Å². The summed E-state index contributed by atoms with van der Waals surface area (Å²) in [6, 6.07) is 23.9. The van der Waals surface area contributed by atoms with Crippen LogP contribution >= 0.6 is 0 Å². The molecule has 0 N–H and O–H groups in total. The summed E-state index contributed by atoms with van der Waals surface area (Å²) in [6.45, 7) is 0. The lowest BCUT2D eigenvalue weighted by Gasteiger charge is -2.33. The zero-order chi connectivity index (χ0) is 48.5. The van der Waals surface area contributed by atoms with Crippen LogP contribution in [0.5, 0.6) is 0 Å². The van der Waals surface area contributed by atoms with E-state index >= 15 is 5.21 Å². The molecule has 1 radical (unpaired) electrons. The monoisotopic (exact) mass is 993 g/mol. The summed E-state index contributed by atoms with van der Waals surface area (Å²) in [6.07, 6.45) is 68.9. The summed E-state index contributed by atoms with van der Waals surface area (Å²) in [5.41, 5.74) is 2.00. The van der Waals surface area contributed by atoms with Gasteiger partial charge in [-0.05, 0) is 12.1 Å². The highest BCUT2D eigenvalue weighted by molar-refractivity contribution is 6.92. The van der Waals surface area contributed by atoms with E-state index in [0.717, 1.165) is 11.0 Å². The number of nitrogens with zero attached hydrogens (tertiary/aromatic N) is 1. The SMILES string of the molecule is [O]n1c2cc3ccc2c2ccc(cc21)[Si]12CCCCCCCCCCCCCCCCCC[Si]3(CCCCCCCCCCCCCCCCCC1)CCCCCCCCCCCCCCCCCC2. The first-order valence-electron chi connectivity index (χ1n) is 32.5. The predicted molar refractivity (Wildman–Crippen MR) is 317 cm³/mol. The van der Waals surface area contributed by atoms with Gasteiger partial charge in [0, 0.05) is 10.8 Å². The fourth-order valence-electron chi connectivity index (χ4n) is 14.5. The summed E-state index contributed by atoms with van der Waals surface area (Å²) in [7, 11) is -3.74. The molecule has 4 heteroatoms. The van der Waals surface area contributed by atoms with Crippen molar-refractivity contribution in [2.45, 2.75) is 344 Å². The lowest BCUT2D eigenvalue weighted by molar-refractivity contribution is 0.114. The third-order valence-corrected chi connectivity index (χ3v) is 30.1. The summed E-state index contributed by atoms with van der Waals surface area (Å²) in [5, 5.41) is 20.9. The van der Waals surface area contributed by atoms with Gasteiger partial charge in [0.25, 0.3) is 0 Å². The van der Waals surface area contributed by atoms with Crippen LogP contribution in [0.25, 0.3) is 21.8 Å². The molecule has 0 saturated carbocycles. The highest BCUT2D eigenvalue weighted by atomic mass is 28.3. The van der Waals surface area contributed by atoms with Crippen LogP contribution in [0.2, 0.25) is 36.3 Å². The first kappa shape index (κ1) is 57.7. The third-order valence-electron chi connectivity index (χ3n) is 19.1. The van der Waals surface area contributed by atoms with E-state index in [2.05, 4.69) is 36.4 Å². The first-order chi connectivity index (χ1) is 34.7. The Hall–Kier alpha value is -1.53. The van der Waals surface area contributed by atoms with Crippen LogP contribution in [0, 0.1) is 0 Å². The van der Waals surface area contributed by atoms with E-state index in [4.69, 9.17) is 0 Å². The Morgan fingerprint density at radius 2 is 0.386 bits per heavy atom. The molecule has 2 aromatic carbocycles. The van der Waals surface area contributed by atoms with Crippen molar-refractivity contribution in [3.05, 3.63) is 36.4 Å². The van der Waals surface area contributed by atoms with Gasteiger partial charge in [0.1, 0.15) is 0 Å². The van der Waals surface area contributed by atoms with E-state index in [9.17, 15) is 0 Å². The molecule has 6 rings (SSSR count). The van der Waals surface area contributed by atoms with Crippen LogP contribution in [-0.4, -0.2) is 20.9 Å². The van der Waals surface area contributed by atoms with Crippen molar-refractivity contribution in [2.24, 2.45) is 0 Å². The maximum atomic E-state index is 15.1. The minimum Gasteiger partial charge on any atom is -0.165 e. The zero-order valence-electron chi connectivity index (χ0n) is 46.5. The zero-order valence-corrected chi connectivity index (χ0v) is 48.5. The van der Waals surface area contributed by atoms with Gasteiger partial charge in [0.15, 0.2) is 0 Å². The Morgan fingerprint density at radius 1 is 0.229 bits per heavy atom. The topological polar surface area (TPSA) is 24.8 Å². The molecule has 4 heterocycles. The first-order valence-corrected chi connectivity index (χ1v) is 37.7. The molecule has 397 valence electrons. The average molecular weight is 994 g/mol. The fourth-order valence-corrected chi connectivity index (χ4v) is 25.0. The molecule has 2 nitrogen and oxygen atoms in total. The van der Waals surface area contributed by atoms with Crippen LogP contribution in [-0.2, 0) is 5.21 Å². The van der Waals surface area contributed by atoms with E-state index in [1.165, 1.54) is 360 Å². The normalized spacial score (nSPS) is 26.5. The molecule has 3 aromatic rings. The highest BCUT2D eigenvalue weighted by Crippen LogP contribution is 2.36. The van der Waals surface area contributed by atoms with Crippen molar-refractivity contribution in [1.29, 1.82) is 0 Å². The second-order valence-electron chi connectivity index (χ2n) is 24.8. The van der Waals surface area contributed by atoms with Crippen LogP contribution in [0.4, 0.5) is 0 Å². The molecule has 3 aliphatic rings. The van der Waals surface area contributed by atoms with Crippen LogP contribution < -0.4 is 10.4 Å². The third kappa shape index (κ3) is 20.6. The van der Waals surface area contributed by atoms with Gasteiger partial charge >= 0.3 is 0 Å². The van der Waals surface area contributed by atoms with Crippen LogP contribution in [0.3, 0.4) is 0 Å². The van der Waals surface area contributed by atoms with Crippen molar-refractivity contribution < 1.29 is 5.21 Å². The Balaban J connectivity index is 1.37. The lowest BCUT2D eigenvalue weighted by atomic mass is 10.0. The van der Waals surface area contributed by atoms with Gasteiger partial charge in [-0.15, -0.1) is 4.73 Å². The minimum absolute atomic E-state index is 1.00. The van der Waals surface area contributed by atoms with Gasteiger partial charge in [-0.2, -0.15) is 5.21 Å². The van der Waals surface area contributed by atoms with Gasteiger partial charge in [-0.3, -0.25) is 0 Å². The van der Waals surface area contributed by atoms with Gasteiger partial charge < -0.3 is 0 Å². The molecule has 0 unspecified atom stereocenters. The van der Waals surface area contributed by atoms with Gasteiger partial charge in [-0.1, -0.05) is 379 Å². The van der Waals surface area contributed by atoms with Crippen molar-refractivity contribution in [3.63, 3.8) is 0 Å². The quantitative estimate of drug-likeness (QED) is 0.201. The molecule has 1 aromatic heterocycles.